The van der Waals surface area contributed by atoms with Crippen molar-refractivity contribution in [3.8, 4) is 5.69 Å². The molecule has 24 heavy (non-hydrogen) atoms. The molecule has 1 aliphatic heterocycles. The number of nitrogens with zero attached hydrogens (tertiary/aromatic N) is 6. The quantitative estimate of drug-likeness (QED) is 0.742. The molecule has 1 aromatic carbocycles. The lowest BCUT2D eigenvalue weighted by molar-refractivity contribution is -0.129. The molecule has 0 bridgehead atoms. The number of ether oxygens (including phenoxy) is 1. The highest BCUT2D eigenvalue weighted by atomic mass is 16.5. The van der Waals surface area contributed by atoms with E-state index in [1.54, 1.807) is 15.9 Å². The predicted molar refractivity (Wildman–Crippen MR) is 87.8 cm³/mol. The predicted octanol–water partition coefficient (Wildman–Crippen LogP) is -0.00460. The van der Waals surface area contributed by atoms with E-state index in [0.29, 0.717) is 6.42 Å². The zero-order valence-corrected chi connectivity index (χ0v) is 13.8. The first kappa shape index (κ1) is 16.5. The van der Waals surface area contributed by atoms with Crippen LogP contribution in [0, 0.1) is 0 Å². The third kappa shape index (κ3) is 4.36. The van der Waals surface area contributed by atoms with Crippen molar-refractivity contribution >= 4 is 5.91 Å². The number of likely N-dealkylation sites (N-methyl/N-ethyl adjacent to an activating group) is 1. The molecule has 1 amide bonds. The molecule has 0 unspecified atom stereocenters. The Hall–Kier alpha value is -2.32. The molecule has 1 aromatic heterocycles. The van der Waals surface area contributed by atoms with Crippen molar-refractivity contribution in [1.82, 2.24) is 30.0 Å². The van der Waals surface area contributed by atoms with Crippen molar-refractivity contribution in [1.29, 1.82) is 0 Å². The molecule has 2 heterocycles. The Balaban J connectivity index is 1.48. The third-order valence-electron chi connectivity index (χ3n) is 4.19. The van der Waals surface area contributed by atoms with Gasteiger partial charge in [0, 0.05) is 33.2 Å². The van der Waals surface area contributed by atoms with Crippen LogP contribution >= 0.6 is 0 Å². The average Bonchev–Trinajstić information content (AvgIpc) is 3.16. The van der Waals surface area contributed by atoms with Gasteiger partial charge in [-0.15, -0.1) is 5.10 Å². The van der Waals surface area contributed by atoms with E-state index < -0.39 is 0 Å². The number of aromatic nitrogens is 4. The molecule has 1 saturated heterocycles. The van der Waals surface area contributed by atoms with Gasteiger partial charge in [0.2, 0.25) is 5.91 Å². The van der Waals surface area contributed by atoms with Crippen LogP contribution in [0.1, 0.15) is 5.56 Å². The number of carbonyl (C=O) groups excluding carboxylic acids is 1. The van der Waals surface area contributed by atoms with Crippen LogP contribution in [-0.2, 0) is 16.0 Å². The molecule has 0 N–H and O–H groups in total. The van der Waals surface area contributed by atoms with Crippen LogP contribution in [0.4, 0.5) is 0 Å². The van der Waals surface area contributed by atoms with Crippen molar-refractivity contribution < 1.29 is 9.53 Å². The zero-order valence-electron chi connectivity index (χ0n) is 13.8. The summed E-state index contributed by atoms with van der Waals surface area (Å²) in [7, 11) is 1.86. The SMILES string of the molecule is CN(CCN1CCOCC1)C(=O)Cc1ccc(-n2cnnn2)cc1. The van der Waals surface area contributed by atoms with Gasteiger partial charge in [0.25, 0.3) is 0 Å². The second-order valence-corrected chi connectivity index (χ2v) is 5.87. The van der Waals surface area contributed by atoms with Crippen molar-refractivity contribution in [3.63, 3.8) is 0 Å². The maximum atomic E-state index is 12.3. The van der Waals surface area contributed by atoms with E-state index in [0.717, 1.165) is 50.6 Å². The number of amides is 1. The molecule has 1 fully saturated rings. The first-order valence-corrected chi connectivity index (χ1v) is 8.09. The van der Waals surface area contributed by atoms with Gasteiger partial charge < -0.3 is 9.64 Å². The maximum Gasteiger partial charge on any atom is 0.226 e. The average molecular weight is 330 g/mol. The van der Waals surface area contributed by atoms with Gasteiger partial charge in [0.15, 0.2) is 0 Å². The number of benzene rings is 1. The number of rotatable bonds is 6. The van der Waals surface area contributed by atoms with Crippen molar-refractivity contribution in [2.45, 2.75) is 6.42 Å². The van der Waals surface area contributed by atoms with E-state index in [-0.39, 0.29) is 5.91 Å². The monoisotopic (exact) mass is 330 g/mol. The van der Waals surface area contributed by atoms with Crippen LogP contribution in [0.25, 0.3) is 5.69 Å². The highest BCUT2D eigenvalue weighted by Crippen LogP contribution is 2.09. The van der Waals surface area contributed by atoms with Crippen molar-refractivity contribution in [3.05, 3.63) is 36.2 Å². The molecule has 8 heteroatoms. The summed E-state index contributed by atoms with van der Waals surface area (Å²) in [6.45, 7) is 5.09. The molecule has 0 aliphatic carbocycles. The van der Waals surface area contributed by atoms with E-state index >= 15 is 0 Å². The van der Waals surface area contributed by atoms with Crippen LogP contribution in [-0.4, -0.2) is 82.4 Å². The molecule has 8 nitrogen and oxygen atoms in total. The summed E-state index contributed by atoms with van der Waals surface area (Å²) in [6, 6.07) is 7.69. The Labute approximate surface area is 141 Å². The molecule has 3 rings (SSSR count). The molecule has 0 atom stereocenters. The van der Waals surface area contributed by atoms with Crippen molar-refractivity contribution in [2.24, 2.45) is 0 Å². The van der Waals surface area contributed by atoms with E-state index in [4.69, 9.17) is 4.74 Å². The van der Waals surface area contributed by atoms with Gasteiger partial charge in [0.1, 0.15) is 6.33 Å². The fraction of sp³-hybridized carbons (Fsp3) is 0.500. The van der Waals surface area contributed by atoms with Crippen LogP contribution in [0.5, 0.6) is 0 Å². The van der Waals surface area contributed by atoms with Crippen LogP contribution in [0.2, 0.25) is 0 Å². The smallest absolute Gasteiger partial charge is 0.226 e. The van der Waals surface area contributed by atoms with E-state index in [1.165, 1.54) is 0 Å². The maximum absolute atomic E-state index is 12.3. The van der Waals surface area contributed by atoms with Crippen LogP contribution in [0.3, 0.4) is 0 Å². The highest BCUT2D eigenvalue weighted by molar-refractivity contribution is 5.78. The Kier molecular flexibility index (Phi) is 5.50. The summed E-state index contributed by atoms with van der Waals surface area (Å²) >= 11 is 0. The van der Waals surface area contributed by atoms with Gasteiger partial charge in [-0.2, -0.15) is 0 Å². The summed E-state index contributed by atoms with van der Waals surface area (Å²) in [5.74, 6) is 0.124. The highest BCUT2D eigenvalue weighted by Gasteiger charge is 2.14. The minimum absolute atomic E-state index is 0.124. The van der Waals surface area contributed by atoms with Gasteiger partial charge >= 0.3 is 0 Å². The fourth-order valence-corrected chi connectivity index (χ4v) is 2.60. The van der Waals surface area contributed by atoms with Gasteiger partial charge in [-0.1, -0.05) is 12.1 Å². The van der Waals surface area contributed by atoms with Crippen LogP contribution in [0.15, 0.2) is 30.6 Å². The lowest BCUT2D eigenvalue weighted by Gasteiger charge is -2.28. The standard InChI is InChI=1S/C16H22N6O2/c1-20(6-7-21-8-10-24-11-9-21)16(23)12-14-2-4-15(5-3-14)22-13-17-18-19-22/h2-5,13H,6-12H2,1H3. The first-order valence-electron chi connectivity index (χ1n) is 8.09. The van der Waals surface area contributed by atoms with Gasteiger partial charge in [-0.25, -0.2) is 4.68 Å². The molecule has 0 spiro atoms. The molecular formula is C16H22N6O2. The Morgan fingerprint density at radius 1 is 1.25 bits per heavy atom. The minimum Gasteiger partial charge on any atom is -0.379 e. The molecule has 0 radical (unpaired) electrons. The number of morpholine rings is 1. The molecule has 0 saturated carbocycles. The normalized spacial score (nSPS) is 15.4. The summed E-state index contributed by atoms with van der Waals surface area (Å²) in [5.41, 5.74) is 1.85. The third-order valence-corrected chi connectivity index (χ3v) is 4.19. The summed E-state index contributed by atoms with van der Waals surface area (Å²) in [4.78, 5) is 16.5. The largest absolute Gasteiger partial charge is 0.379 e. The summed E-state index contributed by atoms with van der Waals surface area (Å²) in [6.07, 6.45) is 1.94. The summed E-state index contributed by atoms with van der Waals surface area (Å²) in [5, 5.41) is 11.1. The van der Waals surface area contributed by atoms with E-state index in [1.807, 2.05) is 31.3 Å². The van der Waals surface area contributed by atoms with Gasteiger partial charge in [-0.05, 0) is 28.1 Å². The fourth-order valence-electron chi connectivity index (χ4n) is 2.60. The molecule has 128 valence electrons. The Morgan fingerprint density at radius 3 is 2.67 bits per heavy atom. The van der Waals surface area contributed by atoms with Crippen LogP contribution < -0.4 is 0 Å². The first-order chi connectivity index (χ1) is 11.7. The van der Waals surface area contributed by atoms with Crippen molar-refractivity contribution in [2.75, 3.05) is 46.4 Å². The molecule has 2 aromatic rings. The zero-order chi connectivity index (χ0) is 16.8. The molecular weight excluding hydrogens is 308 g/mol. The lowest BCUT2D eigenvalue weighted by atomic mass is 10.1. The second kappa shape index (κ2) is 7.98. The van der Waals surface area contributed by atoms with Gasteiger partial charge in [-0.3, -0.25) is 9.69 Å². The van der Waals surface area contributed by atoms with E-state index in [9.17, 15) is 4.79 Å². The number of tetrazole rings is 1. The van der Waals surface area contributed by atoms with E-state index in [2.05, 4.69) is 20.4 Å². The number of hydrogen-bond donors (Lipinski definition) is 0. The molecule has 1 aliphatic rings. The number of hydrogen-bond acceptors (Lipinski definition) is 6. The minimum atomic E-state index is 0.124. The second-order valence-electron chi connectivity index (χ2n) is 5.87. The number of carbonyl (C=O) groups is 1. The summed E-state index contributed by atoms with van der Waals surface area (Å²) < 4.78 is 6.92. The Bertz CT molecular complexity index is 637. The van der Waals surface area contributed by atoms with Gasteiger partial charge in [0.05, 0.1) is 25.3 Å². The Morgan fingerprint density at radius 2 is 2.00 bits per heavy atom. The lowest BCUT2D eigenvalue weighted by Crippen LogP contribution is -2.42. The topological polar surface area (TPSA) is 76.4 Å².